The summed E-state index contributed by atoms with van der Waals surface area (Å²) in [6.07, 6.45) is 14.2. The van der Waals surface area contributed by atoms with Crippen molar-refractivity contribution in [3.63, 3.8) is 0 Å². The van der Waals surface area contributed by atoms with Gasteiger partial charge < -0.3 is 4.90 Å². The van der Waals surface area contributed by atoms with Gasteiger partial charge in [0.1, 0.15) is 0 Å². The molecule has 6 aliphatic rings. The quantitative estimate of drug-likeness (QED) is 0.176. The van der Waals surface area contributed by atoms with E-state index in [1.165, 1.54) is 120 Å². The van der Waals surface area contributed by atoms with Crippen LogP contribution in [0.3, 0.4) is 0 Å². The van der Waals surface area contributed by atoms with E-state index in [2.05, 4.69) is 134 Å². The Morgan fingerprint density at radius 2 is 1.06 bits per heavy atom. The topological polar surface area (TPSA) is 3.24 Å². The number of fused-ring (bicyclic) bond motifs is 3. The van der Waals surface area contributed by atoms with Crippen LogP contribution in [-0.2, 0) is 5.41 Å². The fraction of sp³-hybridized carbons (Fsp3) is 0.388. The first-order valence-electron chi connectivity index (χ1n) is 19.8. The second kappa shape index (κ2) is 12.0. The van der Waals surface area contributed by atoms with E-state index in [9.17, 15) is 0 Å². The minimum atomic E-state index is -0.0920. The zero-order valence-corrected chi connectivity index (χ0v) is 30.0. The Labute approximate surface area is 299 Å². The Morgan fingerprint density at radius 1 is 0.500 bits per heavy atom. The van der Waals surface area contributed by atoms with E-state index in [1.807, 2.05) is 0 Å². The molecular formula is C49H51N. The van der Waals surface area contributed by atoms with Crippen LogP contribution in [0.1, 0.15) is 112 Å². The van der Waals surface area contributed by atoms with Crippen LogP contribution in [0.25, 0.3) is 22.3 Å². The maximum absolute atomic E-state index is 2.53. The lowest BCUT2D eigenvalue weighted by Crippen LogP contribution is -2.43. The molecule has 5 fully saturated rings. The number of hydrogen-bond donors (Lipinski definition) is 0. The molecule has 0 atom stereocenters. The molecular weight excluding hydrogens is 603 g/mol. The highest BCUT2D eigenvalue weighted by molar-refractivity contribution is 5.87. The first-order valence-corrected chi connectivity index (χ1v) is 19.8. The Balaban J connectivity index is 1.02. The summed E-state index contributed by atoms with van der Waals surface area (Å²) in [5.41, 5.74) is 15.0. The van der Waals surface area contributed by atoms with Crippen LogP contribution >= 0.6 is 0 Å². The van der Waals surface area contributed by atoms with Gasteiger partial charge in [-0.25, -0.2) is 0 Å². The van der Waals surface area contributed by atoms with E-state index in [-0.39, 0.29) is 5.41 Å². The highest BCUT2D eigenvalue weighted by Crippen LogP contribution is 2.60. The SMILES string of the molecule is CC1(C)c2cc(-c3ccccc3)ccc2-c2ccc(N(c3ccc(C4CCCCC4)cc3)c3ccc(C4C5CC6CC(C5)CC4C6)cc3)cc21. The fourth-order valence-corrected chi connectivity index (χ4v) is 11.8. The minimum absolute atomic E-state index is 0.0920. The highest BCUT2D eigenvalue weighted by atomic mass is 15.1. The molecule has 5 saturated carbocycles. The number of rotatable bonds is 6. The van der Waals surface area contributed by atoms with E-state index in [1.54, 1.807) is 5.56 Å². The molecule has 0 saturated heterocycles. The van der Waals surface area contributed by atoms with Crippen LogP contribution in [0.5, 0.6) is 0 Å². The summed E-state index contributed by atoms with van der Waals surface area (Å²) in [7, 11) is 0. The molecule has 0 spiro atoms. The van der Waals surface area contributed by atoms with Crippen molar-refractivity contribution in [2.24, 2.45) is 23.7 Å². The Hall–Kier alpha value is -4.10. The largest absolute Gasteiger partial charge is 0.310 e. The fourth-order valence-electron chi connectivity index (χ4n) is 11.8. The van der Waals surface area contributed by atoms with Crippen molar-refractivity contribution in [3.8, 4) is 22.3 Å². The predicted octanol–water partition coefficient (Wildman–Crippen LogP) is 13.7. The molecule has 0 amide bonds. The van der Waals surface area contributed by atoms with E-state index in [4.69, 9.17) is 0 Å². The first kappa shape index (κ1) is 30.7. The molecule has 0 aliphatic heterocycles. The summed E-state index contributed by atoms with van der Waals surface area (Å²) in [5, 5.41) is 0. The van der Waals surface area contributed by atoms with Crippen molar-refractivity contribution in [1.82, 2.24) is 0 Å². The van der Waals surface area contributed by atoms with E-state index in [0.717, 1.165) is 29.6 Å². The van der Waals surface area contributed by atoms with Crippen molar-refractivity contribution in [1.29, 1.82) is 0 Å². The summed E-state index contributed by atoms with van der Waals surface area (Å²) in [5.74, 6) is 5.32. The molecule has 6 aliphatic carbocycles. The van der Waals surface area contributed by atoms with Gasteiger partial charge in [-0.3, -0.25) is 0 Å². The van der Waals surface area contributed by atoms with Crippen LogP contribution in [0.2, 0.25) is 0 Å². The van der Waals surface area contributed by atoms with Crippen molar-refractivity contribution in [2.45, 2.75) is 95.3 Å². The standard InChI is InChI=1S/C49H51N/c1-49(2)46-30-38(35-11-7-4-8-12-35)17-23-44(46)45-24-22-43(31-47(45)49)50(41-18-13-36(14-19-41)34-9-5-3-6-10-34)42-20-15-37(16-21-42)48-39-26-32-25-33(28-39)29-40(48)27-32/h4,7-8,11-24,30-34,39-40,48H,3,5-6,9-10,25-29H2,1-2H3. The van der Waals surface area contributed by atoms with Crippen molar-refractivity contribution < 1.29 is 0 Å². The van der Waals surface area contributed by atoms with Gasteiger partial charge in [0.25, 0.3) is 0 Å². The maximum Gasteiger partial charge on any atom is 0.0465 e. The number of benzene rings is 5. The van der Waals surface area contributed by atoms with Gasteiger partial charge in [-0.1, -0.05) is 106 Å². The second-order valence-electron chi connectivity index (χ2n) is 17.3. The molecule has 0 N–H and O–H groups in total. The maximum atomic E-state index is 2.53. The molecule has 11 rings (SSSR count). The number of hydrogen-bond acceptors (Lipinski definition) is 1. The minimum Gasteiger partial charge on any atom is -0.310 e. The first-order chi connectivity index (χ1) is 24.5. The monoisotopic (exact) mass is 653 g/mol. The molecule has 4 bridgehead atoms. The van der Waals surface area contributed by atoms with Gasteiger partial charge in [-0.05, 0) is 167 Å². The van der Waals surface area contributed by atoms with E-state index >= 15 is 0 Å². The molecule has 5 aromatic carbocycles. The van der Waals surface area contributed by atoms with Crippen LogP contribution in [-0.4, -0.2) is 0 Å². The average Bonchev–Trinajstić information content (AvgIpc) is 3.38. The van der Waals surface area contributed by atoms with Gasteiger partial charge in [-0.2, -0.15) is 0 Å². The molecule has 252 valence electrons. The molecule has 0 radical (unpaired) electrons. The normalized spacial score (nSPS) is 26.1. The smallest absolute Gasteiger partial charge is 0.0465 e. The van der Waals surface area contributed by atoms with Gasteiger partial charge in [0.2, 0.25) is 0 Å². The lowest BCUT2D eigenvalue weighted by molar-refractivity contribution is -0.00277. The summed E-state index contributed by atoms with van der Waals surface area (Å²) in [6.45, 7) is 4.83. The van der Waals surface area contributed by atoms with Crippen molar-refractivity contribution in [3.05, 3.63) is 138 Å². The van der Waals surface area contributed by atoms with Gasteiger partial charge in [-0.15, -0.1) is 0 Å². The third-order valence-corrected chi connectivity index (χ3v) is 14.0. The lowest BCUT2D eigenvalue weighted by Gasteiger charge is -2.54. The predicted molar refractivity (Wildman–Crippen MR) is 210 cm³/mol. The molecule has 0 unspecified atom stereocenters. The van der Waals surface area contributed by atoms with Gasteiger partial charge in [0, 0.05) is 22.5 Å². The molecule has 1 nitrogen and oxygen atoms in total. The van der Waals surface area contributed by atoms with Gasteiger partial charge in [0.15, 0.2) is 0 Å². The third kappa shape index (κ3) is 5.10. The molecule has 1 heteroatoms. The van der Waals surface area contributed by atoms with Crippen molar-refractivity contribution in [2.75, 3.05) is 4.90 Å². The second-order valence-corrected chi connectivity index (χ2v) is 17.3. The van der Waals surface area contributed by atoms with E-state index < -0.39 is 0 Å². The summed E-state index contributed by atoms with van der Waals surface area (Å²) >= 11 is 0. The number of anilines is 3. The lowest BCUT2D eigenvalue weighted by atomic mass is 9.51. The number of nitrogens with zero attached hydrogens (tertiary/aromatic N) is 1. The zero-order valence-electron chi connectivity index (χ0n) is 30.0. The van der Waals surface area contributed by atoms with E-state index in [0.29, 0.717) is 5.92 Å². The van der Waals surface area contributed by atoms with Gasteiger partial charge >= 0.3 is 0 Å². The Morgan fingerprint density at radius 3 is 1.70 bits per heavy atom. The average molecular weight is 654 g/mol. The zero-order chi connectivity index (χ0) is 33.4. The highest BCUT2D eigenvalue weighted by Gasteiger charge is 2.48. The third-order valence-electron chi connectivity index (χ3n) is 14.0. The van der Waals surface area contributed by atoms with Crippen LogP contribution < -0.4 is 4.90 Å². The molecule has 0 heterocycles. The van der Waals surface area contributed by atoms with Crippen LogP contribution in [0.4, 0.5) is 17.1 Å². The summed E-state index contributed by atoms with van der Waals surface area (Å²) in [4.78, 5) is 2.53. The van der Waals surface area contributed by atoms with Crippen molar-refractivity contribution >= 4 is 17.1 Å². The molecule has 5 aromatic rings. The Kier molecular flexibility index (Phi) is 7.37. The Bertz CT molecular complexity index is 1980. The molecule has 0 aromatic heterocycles. The van der Waals surface area contributed by atoms with Crippen LogP contribution in [0, 0.1) is 23.7 Å². The van der Waals surface area contributed by atoms with Crippen LogP contribution in [0.15, 0.2) is 115 Å². The summed E-state index contributed by atoms with van der Waals surface area (Å²) in [6, 6.07) is 44.7. The summed E-state index contributed by atoms with van der Waals surface area (Å²) < 4.78 is 0. The van der Waals surface area contributed by atoms with Gasteiger partial charge in [0.05, 0.1) is 0 Å². The molecule has 50 heavy (non-hydrogen) atoms.